The van der Waals surface area contributed by atoms with E-state index in [1.165, 1.54) is 0 Å². The molecule has 0 radical (unpaired) electrons. The van der Waals surface area contributed by atoms with E-state index < -0.39 is 0 Å². The van der Waals surface area contributed by atoms with Gasteiger partial charge in [0.25, 0.3) is 0 Å². The second kappa shape index (κ2) is 9.62. The van der Waals surface area contributed by atoms with E-state index in [2.05, 4.69) is 53.4 Å². The van der Waals surface area contributed by atoms with Crippen molar-refractivity contribution in [3.05, 3.63) is 73.6 Å². The zero-order valence-electron chi connectivity index (χ0n) is 20.2. The molecule has 182 valence electrons. The van der Waals surface area contributed by atoms with Gasteiger partial charge in [0.1, 0.15) is 11.3 Å². The van der Waals surface area contributed by atoms with E-state index in [0.717, 1.165) is 68.6 Å². The summed E-state index contributed by atoms with van der Waals surface area (Å²) < 4.78 is 0. The summed E-state index contributed by atoms with van der Waals surface area (Å²) in [6.07, 6.45) is 12.8. The van der Waals surface area contributed by atoms with Crippen LogP contribution in [-0.2, 0) is 4.79 Å². The first-order chi connectivity index (χ1) is 18.2. The third kappa shape index (κ3) is 4.42. The molecule has 0 aliphatic rings. The maximum Gasteiger partial charge on any atom is 0.224 e. The second-order valence-corrected chi connectivity index (χ2v) is 8.84. The van der Waals surface area contributed by atoms with Crippen molar-refractivity contribution in [2.45, 2.75) is 26.2 Å². The number of rotatable bonds is 7. The number of carbonyl (C=O) groups is 1. The first-order valence-electron chi connectivity index (χ1n) is 12.2. The van der Waals surface area contributed by atoms with Gasteiger partial charge in [0.15, 0.2) is 0 Å². The molecule has 6 rings (SSSR count). The number of hydrogen-bond acceptors (Lipinski definition) is 6. The monoisotopic (exact) mass is 488 g/mol. The third-order valence-electron chi connectivity index (χ3n) is 6.30. The van der Waals surface area contributed by atoms with E-state index in [4.69, 9.17) is 0 Å². The van der Waals surface area contributed by atoms with E-state index in [1.54, 1.807) is 37.2 Å². The highest BCUT2D eigenvalue weighted by molar-refractivity contribution is 6.00. The molecule has 3 N–H and O–H groups in total. The van der Waals surface area contributed by atoms with Crippen LogP contribution in [0.1, 0.15) is 26.2 Å². The van der Waals surface area contributed by atoms with Gasteiger partial charge in [-0.3, -0.25) is 24.8 Å². The molecule has 0 bridgehead atoms. The predicted octanol–water partition coefficient (Wildman–Crippen LogP) is 5.75. The van der Waals surface area contributed by atoms with Crippen LogP contribution in [0.2, 0.25) is 0 Å². The van der Waals surface area contributed by atoms with E-state index in [1.807, 2.05) is 30.3 Å². The number of nitrogens with zero attached hydrogens (tertiary/aromatic N) is 5. The quantitative estimate of drug-likeness (QED) is 0.263. The van der Waals surface area contributed by atoms with Crippen LogP contribution in [0.25, 0.3) is 55.7 Å². The SMILES string of the molecule is CCCCC(=O)Nc1cncc(-c2cc3c(-c4cc5c(-c6ccncc6)ccnc5[nH]4)n[nH]c3cn2)c1. The summed E-state index contributed by atoms with van der Waals surface area (Å²) in [6, 6.07) is 11.9. The molecular weight excluding hydrogens is 464 g/mol. The Balaban J connectivity index is 1.37. The summed E-state index contributed by atoms with van der Waals surface area (Å²) in [5.41, 5.74) is 7.55. The molecule has 9 nitrogen and oxygen atoms in total. The fourth-order valence-electron chi connectivity index (χ4n) is 4.43. The Labute approximate surface area is 212 Å². The molecule has 0 spiro atoms. The van der Waals surface area contributed by atoms with Gasteiger partial charge >= 0.3 is 0 Å². The molecule has 0 aliphatic carbocycles. The second-order valence-electron chi connectivity index (χ2n) is 8.84. The minimum Gasteiger partial charge on any atom is -0.338 e. The van der Waals surface area contributed by atoms with E-state index in [0.29, 0.717) is 12.1 Å². The number of unbranched alkanes of at least 4 members (excludes halogenated alkanes) is 1. The topological polar surface area (TPSA) is 125 Å². The van der Waals surface area contributed by atoms with Crippen molar-refractivity contribution in [2.24, 2.45) is 0 Å². The lowest BCUT2D eigenvalue weighted by Crippen LogP contribution is -2.11. The van der Waals surface area contributed by atoms with Gasteiger partial charge in [-0.2, -0.15) is 5.10 Å². The zero-order chi connectivity index (χ0) is 25.2. The van der Waals surface area contributed by atoms with Crippen molar-refractivity contribution >= 4 is 33.5 Å². The molecule has 0 atom stereocenters. The molecule has 0 unspecified atom stereocenters. The molecule has 1 amide bonds. The van der Waals surface area contributed by atoms with E-state index in [-0.39, 0.29) is 5.91 Å². The Morgan fingerprint density at radius 1 is 0.919 bits per heavy atom. The molecule has 0 aliphatic heterocycles. The first-order valence-corrected chi connectivity index (χ1v) is 12.2. The van der Waals surface area contributed by atoms with Crippen LogP contribution in [0, 0.1) is 0 Å². The summed E-state index contributed by atoms with van der Waals surface area (Å²) in [6.45, 7) is 2.06. The van der Waals surface area contributed by atoms with Crippen molar-refractivity contribution in [1.82, 2.24) is 35.1 Å². The number of aromatic nitrogens is 7. The van der Waals surface area contributed by atoms with Crippen LogP contribution in [0.5, 0.6) is 0 Å². The number of pyridine rings is 4. The van der Waals surface area contributed by atoms with Crippen molar-refractivity contribution < 1.29 is 4.79 Å². The average molecular weight is 489 g/mol. The van der Waals surface area contributed by atoms with Crippen molar-refractivity contribution in [3.63, 3.8) is 0 Å². The Bertz CT molecular complexity index is 1720. The number of hydrogen-bond donors (Lipinski definition) is 3. The van der Waals surface area contributed by atoms with Gasteiger partial charge in [-0.15, -0.1) is 0 Å². The number of amides is 1. The van der Waals surface area contributed by atoms with Crippen LogP contribution in [0.15, 0.2) is 73.6 Å². The lowest BCUT2D eigenvalue weighted by atomic mass is 10.0. The molecule has 6 heterocycles. The van der Waals surface area contributed by atoms with Crippen molar-refractivity contribution in [2.75, 3.05) is 5.32 Å². The minimum atomic E-state index is -0.0140. The Kier molecular flexibility index (Phi) is 5.86. The van der Waals surface area contributed by atoms with Gasteiger partial charge in [0, 0.05) is 47.5 Å². The van der Waals surface area contributed by atoms with Gasteiger partial charge in [-0.1, -0.05) is 13.3 Å². The number of anilines is 1. The van der Waals surface area contributed by atoms with Crippen LogP contribution < -0.4 is 5.32 Å². The smallest absolute Gasteiger partial charge is 0.224 e. The molecule has 0 saturated carbocycles. The molecule has 0 aromatic carbocycles. The molecule has 6 aromatic rings. The van der Waals surface area contributed by atoms with Crippen molar-refractivity contribution in [3.8, 4) is 33.8 Å². The summed E-state index contributed by atoms with van der Waals surface area (Å²) >= 11 is 0. The van der Waals surface area contributed by atoms with E-state index >= 15 is 0 Å². The summed E-state index contributed by atoms with van der Waals surface area (Å²) in [5, 5.41) is 12.5. The summed E-state index contributed by atoms with van der Waals surface area (Å²) in [7, 11) is 0. The standard InChI is InChI=1S/C28H24N8O/c1-2-3-4-26(37)33-19-11-18(14-30-15-19)23-13-22-25(16-32-23)35-36-27(22)24-12-21-20(7-10-31-28(21)34-24)17-5-8-29-9-6-17/h5-16H,2-4H2,1H3,(H,31,34)(H,33,37)(H,35,36). The fraction of sp³-hybridized carbons (Fsp3) is 0.143. The van der Waals surface area contributed by atoms with Crippen molar-refractivity contribution in [1.29, 1.82) is 0 Å². The fourth-order valence-corrected chi connectivity index (χ4v) is 4.43. The normalized spacial score (nSPS) is 11.3. The molecule has 0 saturated heterocycles. The molecular formula is C28H24N8O. The maximum absolute atomic E-state index is 12.2. The molecule has 37 heavy (non-hydrogen) atoms. The average Bonchev–Trinajstić information content (AvgIpc) is 3.56. The van der Waals surface area contributed by atoms with Gasteiger partial charge in [0.05, 0.1) is 35.0 Å². The highest BCUT2D eigenvalue weighted by Gasteiger charge is 2.16. The van der Waals surface area contributed by atoms with Gasteiger partial charge in [-0.05, 0) is 53.9 Å². The Hall–Kier alpha value is -4.92. The molecule has 9 heteroatoms. The number of carbonyl (C=O) groups excluding carboxylic acids is 1. The first kappa shape index (κ1) is 22.5. The van der Waals surface area contributed by atoms with Crippen LogP contribution in [-0.4, -0.2) is 41.0 Å². The third-order valence-corrected chi connectivity index (χ3v) is 6.30. The van der Waals surface area contributed by atoms with E-state index in [9.17, 15) is 4.79 Å². The summed E-state index contributed by atoms with van der Waals surface area (Å²) in [5.74, 6) is -0.0140. The van der Waals surface area contributed by atoms with Gasteiger partial charge in [-0.25, -0.2) is 4.98 Å². The van der Waals surface area contributed by atoms with Crippen LogP contribution in [0.4, 0.5) is 5.69 Å². The van der Waals surface area contributed by atoms with Crippen LogP contribution >= 0.6 is 0 Å². The van der Waals surface area contributed by atoms with Gasteiger partial charge < -0.3 is 10.3 Å². The Morgan fingerprint density at radius 2 is 1.81 bits per heavy atom. The predicted molar refractivity (Wildman–Crippen MR) is 144 cm³/mol. The highest BCUT2D eigenvalue weighted by atomic mass is 16.1. The number of nitrogens with one attached hydrogen (secondary N) is 3. The largest absolute Gasteiger partial charge is 0.338 e. The minimum absolute atomic E-state index is 0.0140. The van der Waals surface area contributed by atoms with Gasteiger partial charge in [0.2, 0.25) is 5.91 Å². The van der Waals surface area contributed by atoms with Crippen LogP contribution in [0.3, 0.4) is 0 Å². The molecule has 6 aromatic heterocycles. The zero-order valence-corrected chi connectivity index (χ0v) is 20.2. The maximum atomic E-state index is 12.2. The highest BCUT2D eigenvalue weighted by Crippen LogP contribution is 2.34. The number of aromatic amines is 2. The number of fused-ring (bicyclic) bond motifs is 2. The lowest BCUT2D eigenvalue weighted by Gasteiger charge is -2.07. The Morgan fingerprint density at radius 3 is 2.68 bits per heavy atom. The molecule has 0 fully saturated rings. The lowest BCUT2D eigenvalue weighted by molar-refractivity contribution is -0.116. The summed E-state index contributed by atoms with van der Waals surface area (Å²) in [4.78, 5) is 33.2. The number of H-pyrrole nitrogens is 2.